The Balaban J connectivity index is 2.60. The van der Waals surface area contributed by atoms with E-state index in [2.05, 4.69) is 0 Å². The molecule has 0 aromatic heterocycles. The fourth-order valence-electron chi connectivity index (χ4n) is 1.95. The van der Waals surface area contributed by atoms with Gasteiger partial charge in [-0.05, 0) is 38.3 Å². The van der Waals surface area contributed by atoms with Crippen molar-refractivity contribution in [1.82, 2.24) is 0 Å². The van der Waals surface area contributed by atoms with Crippen molar-refractivity contribution in [2.75, 3.05) is 0 Å². The summed E-state index contributed by atoms with van der Waals surface area (Å²) in [4.78, 5) is 0. The topological polar surface area (TPSA) is 26.0 Å². The van der Waals surface area contributed by atoms with Crippen molar-refractivity contribution in [2.45, 2.75) is 37.9 Å². The van der Waals surface area contributed by atoms with E-state index < -0.39 is 5.67 Å². The average Bonchev–Trinajstić information content (AvgIpc) is 2.82. The molecule has 0 aliphatic heterocycles. The van der Waals surface area contributed by atoms with E-state index >= 15 is 0 Å². The zero-order valence-electron chi connectivity index (χ0n) is 8.98. The standard InChI is InChI=1S/C12H15ClFN/c1-11(2,14)10-8(12(15)6-7-12)4-3-5-9(10)13/h3-5H,6-7,15H2,1-2H3. The van der Waals surface area contributed by atoms with Crippen LogP contribution >= 0.6 is 11.6 Å². The average molecular weight is 228 g/mol. The first kappa shape index (κ1) is 10.9. The molecule has 3 heteroatoms. The number of alkyl halides is 1. The summed E-state index contributed by atoms with van der Waals surface area (Å²) in [6.45, 7) is 3.03. The van der Waals surface area contributed by atoms with Gasteiger partial charge in [-0.2, -0.15) is 0 Å². The summed E-state index contributed by atoms with van der Waals surface area (Å²) in [5.41, 5.74) is 5.73. The molecule has 0 amide bonds. The van der Waals surface area contributed by atoms with Gasteiger partial charge in [0.2, 0.25) is 0 Å². The normalized spacial score (nSPS) is 19.0. The van der Waals surface area contributed by atoms with Gasteiger partial charge in [-0.1, -0.05) is 23.7 Å². The van der Waals surface area contributed by atoms with E-state index in [-0.39, 0.29) is 5.54 Å². The van der Waals surface area contributed by atoms with Crippen LogP contribution in [0.2, 0.25) is 5.02 Å². The first-order valence-electron chi connectivity index (χ1n) is 5.12. The third kappa shape index (κ3) is 1.88. The second-order valence-corrected chi connectivity index (χ2v) is 5.20. The molecule has 1 aliphatic rings. The lowest BCUT2D eigenvalue weighted by Crippen LogP contribution is -2.25. The van der Waals surface area contributed by atoms with E-state index in [1.807, 2.05) is 12.1 Å². The van der Waals surface area contributed by atoms with Crippen molar-refractivity contribution in [3.8, 4) is 0 Å². The van der Waals surface area contributed by atoms with Gasteiger partial charge in [0.25, 0.3) is 0 Å². The third-order valence-electron chi connectivity index (χ3n) is 2.93. The van der Waals surface area contributed by atoms with Crippen molar-refractivity contribution in [3.05, 3.63) is 34.3 Å². The van der Waals surface area contributed by atoms with Gasteiger partial charge in [0.05, 0.1) is 0 Å². The summed E-state index contributed by atoms with van der Waals surface area (Å²) in [5, 5.41) is 0.469. The molecule has 1 fully saturated rings. The van der Waals surface area contributed by atoms with E-state index in [4.69, 9.17) is 17.3 Å². The van der Waals surface area contributed by atoms with Crippen LogP contribution in [0.3, 0.4) is 0 Å². The molecule has 2 N–H and O–H groups in total. The second-order valence-electron chi connectivity index (χ2n) is 4.79. The first-order valence-corrected chi connectivity index (χ1v) is 5.50. The lowest BCUT2D eigenvalue weighted by Gasteiger charge is -2.23. The lowest BCUT2D eigenvalue weighted by atomic mass is 9.90. The summed E-state index contributed by atoms with van der Waals surface area (Å²) in [6, 6.07) is 5.43. The Morgan fingerprint density at radius 3 is 2.47 bits per heavy atom. The second kappa shape index (κ2) is 3.19. The highest BCUT2D eigenvalue weighted by atomic mass is 35.5. The molecule has 0 saturated heterocycles. The molecule has 2 rings (SSSR count). The lowest BCUT2D eigenvalue weighted by molar-refractivity contribution is 0.218. The SMILES string of the molecule is CC(C)(F)c1c(Cl)cccc1C1(N)CC1. The highest BCUT2D eigenvalue weighted by Gasteiger charge is 2.44. The Hall–Kier alpha value is -0.600. The van der Waals surface area contributed by atoms with E-state index in [0.717, 1.165) is 18.4 Å². The first-order chi connectivity index (χ1) is 6.84. The maximum Gasteiger partial charge on any atom is 0.132 e. The smallest absolute Gasteiger partial charge is 0.132 e. The minimum atomic E-state index is -1.44. The molecule has 0 heterocycles. The Morgan fingerprint density at radius 1 is 1.40 bits per heavy atom. The molecule has 1 saturated carbocycles. The molecule has 0 atom stereocenters. The Kier molecular flexibility index (Phi) is 2.32. The van der Waals surface area contributed by atoms with Crippen LogP contribution in [0.25, 0.3) is 0 Å². The summed E-state index contributed by atoms with van der Waals surface area (Å²) in [6.07, 6.45) is 1.83. The minimum absolute atomic E-state index is 0.344. The van der Waals surface area contributed by atoms with E-state index in [1.165, 1.54) is 13.8 Å². The predicted octanol–water partition coefficient (Wildman–Crippen LogP) is 3.49. The van der Waals surface area contributed by atoms with Crippen molar-refractivity contribution < 1.29 is 4.39 Å². The fraction of sp³-hybridized carbons (Fsp3) is 0.500. The number of hydrogen-bond donors (Lipinski definition) is 1. The largest absolute Gasteiger partial charge is 0.321 e. The third-order valence-corrected chi connectivity index (χ3v) is 3.25. The summed E-state index contributed by atoms with van der Waals surface area (Å²) >= 11 is 6.05. The van der Waals surface area contributed by atoms with Crippen LogP contribution in [-0.4, -0.2) is 0 Å². The highest BCUT2D eigenvalue weighted by Crippen LogP contribution is 2.48. The van der Waals surface area contributed by atoms with E-state index in [0.29, 0.717) is 10.6 Å². The number of nitrogens with two attached hydrogens (primary N) is 1. The van der Waals surface area contributed by atoms with Crippen LogP contribution in [0, 0.1) is 0 Å². The Labute approximate surface area is 94.4 Å². The Bertz CT molecular complexity index is 391. The van der Waals surface area contributed by atoms with Crippen molar-refractivity contribution in [1.29, 1.82) is 0 Å². The molecule has 0 spiro atoms. The van der Waals surface area contributed by atoms with Gasteiger partial charge in [0, 0.05) is 16.1 Å². The molecule has 1 aromatic rings. The quantitative estimate of drug-likeness (QED) is 0.823. The maximum absolute atomic E-state index is 14.1. The fourth-order valence-corrected chi connectivity index (χ4v) is 2.35. The number of hydrogen-bond acceptors (Lipinski definition) is 1. The number of halogens is 2. The molecule has 0 radical (unpaired) electrons. The van der Waals surface area contributed by atoms with E-state index in [1.54, 1.807) is 6.07 Å². The van der Waals surface area contributed by atoms with Crippen molar-refractivity contribution in [2.24, 2.45) is 5.73 Å². The number of rotatable bonds is 2. The van der Waals surface area contributed by atoms with Gasteiger partial charge in [-0.25, -0.2) is 4.39 Å². The maximum atomic E-state index is 14.1. The Morgan fingerprint density at radius 2 is 2.00 bits per heavy atom. The van der Waals surface area contributed by atoms with Gasteiger partial charge >= 0.3 is 0 Å². The molecule has 1 aliphatic carbocycles. The van der Waals surface area contributed by atoms with Crippen LogP contribution in [0.4, 0.5) is 4.39 Å². The van der Waals surface area contributed by atoms with Gasteiger partial charge in [-0.15, -0.1) is 0 Å². The molecule has 1 aromatic carbocycles. The summed E-state index contributed by atoms with van der Waals surface area (Å²) in [5.74, 6) is 0. The molecular weight excluding hydrogens is 213 g/mol. The molecule has 0 bridgehead atoms. The molecule has 0 unspecified atom stereocenters. The molecule has 82 valence electrons. The zero-order chi connectivity index (χ0) is 11.3. The highest BCUT2D eigenvalue weighted by molar-refractivity contribution is 6.31. The molecule has 15 heavy (non-hydrogen) atoms. The monoisotopic (exact) mass is 227 g/mol. The van der Waals surface area contributed by atoms with Crippen molar-refractivity contribution >= 4 is 11.6 Å². The predicted molar refractivity (Wildman–Crippen MR) is 60.7 cm³/mol. The molecular formula is C12H15ClFN. The van der Waals surface area contributed by atoms with Gasteiger partial charge < -0.3 is 5.73 Å². The van der Waals surface area contributed by atoms with Crippen LogP contribution in [0.15, 0.2) is 18.2 Å². The van der Waals surface area contributed by atoms with Gasteiger partial charge in [0.15, 0.2) is 0 Å². The number of benzene rings is 1. The minimum Gasteiger partial charge on any atom is -0.321 e. The van der Waals surface area contributed by atoms with E-state index in [9.17, 15) is 4.39 Å². The summed E-state index contributed by atoms with van der Waals surface area (Å²) < 4.78 is 14.1. The van der Waals surface area contributed by atoms with Crippen LogP contribution in [0.5, 0.6) is 0 Å². The molecule has 1 nitrogen and oxygen atoms in total. The summed E-state index contributed by atoms with van der Waals surface area (Å²) in [7, 11) is 0. The van der Waals surface area contributed by atoms with Gasteiger partial charge in [-0.3, -0.25) is 0 Å². The van der Waals surface area contributed by atoms with Crippen LogP contribution < -0.4 is 5.73 Å². The van der Waals surface area contributed by atoms with Gasteiger partial charge in [0.1, 0.15) is 5.67 Å². The van der Waals surface area contributed by atoms with Crippen LogP contribution in [0.1, 0.15) is 37.8 Å². The van der Waals surface area contributed by atoms with Crippen LogP contribution in [-0.2, 0) is 11.2 Å². The van der Waals surface area contributed by atoms with Crippen molar-refractivity contribution in [3.63, 3.8) is 0 Å². The zero-order valence-corrected chi connectivity index (χ0v) is 9.74.